The molecule has 0 unspecified atom stereocenters. The normalized spacial score (nSPS) is 11.2. The third kappa shape index (κ3) is 4.27. The summed E-state index contributed by atoms with van der Waals surface area (Å²) in [4.78, 5) is 18.1. The number of carboxylic acid groups (broad SMARTS) is 1. The molecule has 0 amide bonds. The van der Waals surface area contributed by atoms with Crippen LogP contribution < -0.4 is 4.74 Å². The van der Waals surface area contributed by atoms with Crippen molar-refractivity contribution >= 4 is 12.0 Å². The second-order valence-corrected chi connectivity index (χ2v) is 4.03. The van der Waals surface area contributed by atoms with Gasteiger partial charge in [0.1, 0.15) is 18.8 Å². The van der Waals surface area contributed by atoms with Crippen molar-refractivity contribution in [1.29, 1.82) is 0 Å². The maximum atomic E-state index is 12.7. The molecule has 2 aromatic rings. The van der Waals surface area contributed by atoms with E-state index < -0.39 is 11.7 Å². The van der Waals surface area contributed by atoms with Crippen LogP contribution in [0.1, 0.15) is 11.3 Å². The van der Waals surface area contributed by atoms with Crippen LogP contribution >= 0.6 is 0 Å². The van der Waals surface area contributed by atoms with Gasteiger partial charge in [0.2, 0.25) is 11.6 Å². The SMILES string of the molecule is O=C(O)/C(O)=C/c1cc(OCc2ccc(F)cc2)ncn1. The molecule has 0 aliphatic carbocycles. The highest BCUT2D eigenvalue weighted by Crippen LogP contribution is 2.12. The maximum Gasteiger partial charge on any atom is 0.371 e. The second kappa shape index (κ2) is 6.47. The molecule has 7 heteroatoms. The predicted molar refractivity (Wildman–Crippen MR) is 71.0 cm³/mol. The number of hydrogen-bond acceptors (Lipinski definition) is 5. The van der Waals surface area contributed by atoms with Crippen LogP contribution in [0.5, 0.6) is 5.88 Å². The molecule has 2 rings (SSSR count). The number of aromatic nitrogens is 2. The number of rotatable bonds is 5. The van der Waals surface area contributed by atoms with Crippen LogP contribution in [-0.4, -0.2) is 26.2 Å². The number of aliphatic carboxylic acids is 1. The van der Waals surface area contributed by atoms with Gasteiger partial charge in [0.25, 0.3) is 0 Å². The number of ether oxygens (including phenoxy) is 1. The molecule has 0 saturated carbocycles. The minimum atomic E-state index is -1.46. The van der Waals surface area contributed by atoms with Crippen molar-refractivity contribution in [2.75, 3.05) is 0 Å². The predicted octanol–water partition coefficient (Wildman–Crippen LogP) is 2.18. The fourth-order valence-corrected chi connectivity index (χ4v) is 1.45. The largest absolute Gasteiger partial charge is 0.502 e. The van der Waals surface area contributed by atoms with E-state index in [9.17, 15) is 9.18 Å². The minimum Gasteiger partial charge on any atom is -0.502 e. The average molecular weight is 290 g/mol. The number of halogens is 1. The number of nitrogens with zero attached hydrogens (tertiary/aromatic N) is 2. The van der Waals surface area contributed by atoms with Crippen molar-refractivity contribution in [2.45, 2.75) is 6.61 Å². The van der Waals surface area contributed by atoms with Crippen molar-refractivity contribution in [3.05, 3.63) is 59.5 Å². The van der Waals surface area contributed by atoms with Gasteiger partial charge in [-0.15, -0.1) is 0 Å². The lowest BCUT2D eigenvalue weighted by atomic mass is 10.2. The van der Waals surface area contributed by atoms with Gasteiger partial charge in [-0.25, -0.2) is 19.2 Å². The molecule has 2 N–H and O–H groups in total. The topological polar surface area (TPSA) is 92.5 Å². The summed E-state index contributed by atoms with van der Waals surface area (Å²) in [7, 11) is 0. The van der Waals surface area contributed by atoms with Gasteiger partial charge >= 0.3 is 5.97 Å². The highest BCUT2D eigenvalue weighted by atomic mass is 19.1. The number of aliphatic hydroxyl groups excluding tert-OH is 1. The Morgan fingerprint density at radius 2 is 1.95 bits per heavy atom. The molecule has 6 nitrogen and oxygen atoms in total. The number of aliphatic hydroxyl groups is 1. The summed E-state index contributed by atoms with van der Waals surface area (Å²) in [5, 5.41) is 17.7. The van der Waals surface area contributed by atoms with Gasteiger partial charge in [-0.2, -0.15) is 0 Å². The molecule has 0 fully saturated rings. The van der Waals surface area contributed by atoms with E-state index >= 15 is 0 Å². The van der Waals surface area contributed by atoms with E-state index in [1.165, 1.54) is 24.5 Å². The average Bonchev–Trinajstić information content (AvgIpc) is 2.47. The first kappa shape index (κ1) is 14.4. The van der Waals surface area contributed by atoms with Gasteiger partial charge in [-0.05, 0) is 17.7 Å². The van der Waals surface area contributed by atoms with Gasteiger partial charge in [0, 0.05) is 12.1 Å². The molecule has 0 saturated heterocycles. The van der Waals surface area contributed by atoms with Crippen LogP contribution in [0.15, 0.2) is 42.4 Å². The third-order valence-electron chi connectivity index (χ3n) is 2.47. The van der Waals surface area contributed by atoms with E-state index in [4.69, 9.17) is 14.9 Å². The Bertz CT molecular complexity index is 671. The monoisotopic (exact) mass is 290 g/mol. The molecule has 0 aliphatic heterocycles. The van der Waals surface area contributed by atoms with Crippen LogP contribution in [-0.2, 0) is 11.4 Å². The van der Waals surface area contributed by atoms with Crippen LogP contribution in [0, 0.1) is 5.82 Å². The maximum absolute atomic E-state index is 12.7. The molecule has 1 aromatic heterocycles. The van der Waals surface area contributed by atoms with E-state index in [1.807, 2.05) is 0 Å². The summed E-state index contributed by atoms with van der Waals surface area (Å²) in [6.07, 6.45) is 2.16. The van der Waals surface area contributed by atoms with Crippen molar-refractivity contribution in [3.63, 3.8) is 0 Å². The lowest BCUT2D eigenvalue weighted by Crippen LogP contribution is -2.00. The fraction of sp³-hybridized carbons (Fsp3) is 0.0714. The number of benzene rings is 1. The first-order valence-electron chi connectivity index (χ1n) is 5.88. The number of hydrogen-bond donors (Lipinski definition) is 2. The summed E-state index contributed by atoms with van der Waals surface area (Å²) in [6.45, 7) is 0.172. The van der Waals surface area contributed by atoms with Crippen molar-refractivity contribution in [1.82, 2.24) is 9.97 Å². The number of carboxylic acids is 1. The Hall–Kier alpha value is -2.96. The lowest BCUT2D eigenvalue weighted by molar-refractivity contribution is -0.135. The summed E-state index contributed by atoms with van der Waals surface area (Å²) in [5.74, 6) is -2.42. The molecule has 0 spiro atoms. The van der Waals surface area contributed by atoms with E-state index in [0.717, 1.165) is 11.6 Å². The number of carbonyl (C=O) groups is 1. The molecule has 1 heterocycles. The van der Waals surface area contributed by atoms with Gasteiger partial charge in [-0.3, -0.25) is 0 Å². The van der Waals surface area contributed by atoms with Crippen LogP contribution in [0.4, 0.5) is 4.39 Å². The quantitative estimate of drug-likeness (QED) is 0.647. The van der Waals surface area contributed by atoms with E-state index in [0.29, 0.717) is 0 Å². The van der Waals surface area contributed by atoms with Crippen LogP contribution in [0.2, 0.25) is 0 Å². The Labute approximate surface area is 119 Å². The zero-order valence-corrected chi connectivity index (χ0v) is 10.7. The molecule has 0 bridgehead atoms. The van der Waals surface area contributed by atoms with Gasteiger partial charge in [0.15, 0.2) is 0 Å². The molecule has 0 radical (unpaired) electrons. The summed E-state index contributed by atoms with van der Waals surface area (Å²) in [6, 6.07) is 7.17. The third-order valence-corrected chi connectivity index (χ3v) is 2.47. The second-order valence-electron chi connectivity index (χ2n) is 4.03. The first-order chi connectivity index (χ1) is 10.0. The van der Waals surface area contributed by atoms with Gasteiger partial charge in [-0.1, -0.05) is 12.1 Å². The highest BCUT2D eigenvalue weighted by molar-refractivity contribution is 5.88. The summed E-state index contributed by atoms with van der Waals surface area (Å²) >= 11 is 0. The smallest absolute Gasteiger partial charge is 0.371 e. The van der Waals surface area contributed by atoms with Crippen LogP contribution in [0.25, 0.3) is 6.08 Å². The lowest BCUT2D eigenvalue weighted by Gasteiger charge is -2.05. The van der Waals surface area contributed by atoms with E-state index in [2.05, 4.69) is 9.97 Å². The molecule has 21 heavy (non-hydrogen) atoms. The Balaban J connectivity index is 2.06. The van der Waals surface area contributed by atoms with E-state index in [-0.39, 0.29) is 24.0 Å². The highest BCUT2D eigenvalue weighted by Gasteiger charge is 2.05. The Kier molecular flexibility index (Phi) is 4.45. The summed E-state index contributed by atoms with van der Waals surface area (Å²) < 4.78 is 18.1. The molecular formula is C14H11FN2O4. The summed E-state index contributed by atoms with van der Waals surface area (Å²) in [5.41, 5.74) is 0.944. The Morgan fingerprint density at radius 3 is 2.62 bits per heavy atom. The molecule has 1 aromatic carbocycles. The van der Waals surface area contributed by atoms with Crippen molar-refractivity contribution in [3.8, 4) is 5.88 Å². The standard InChI is InChI=1S/C14H11FN2O4/c15-10-3-1-9(2-4-10)7-21-13-6-11(16-8-17-13)5-12(18)14(19)20/h1-6,8,18H,7H2,(H,19,20)/b12-5-. The van der Waals surface area contributed by atoms with Crippen molar-refractivity contribution in [2.24, 2.45) is 0 Å². The van der Waals surface area contributed by atoms with Crippen molar-refractivity contribution < 1.29 is 24.1 Å². The first-order valence-corrected chi connectivity index (χ1v) is 5.88. The molecule has 0 atom stereocenters. The zero-order chi connectivity index (χ0) is 15.2. The van der Waals surface area contributed by atoms with Gasteiger partial charge in [0.05, 0.1) is 5.69 Å². The fourth-order valence-electron chi connectivity index (χ4n) is 1.45. The van der Waals surface area contributed by atoms with Gasteiger partial charge < -0.3 is 14.9 Å². The zero-order valence-electron chi connectivity index (χ0n) is 10.7. The molecular weight excluding hydrogens is 279 g/mol. The molecule has 0 aliphatic rings. The Morgan fingerprint density at radius 1 is 1.24 bits per heavy atom. The minimum absolute atomic E-state index is 0.172. The van der Waals surface area contributed by atoms with E-state index in [1.54, 1.807) is 12.1 Å². The molecule has 108 valence electrons. The van der Waals surface area contributed by atoms with Crippen LogP contribution in [0.3, 0.4) is 0 Å².